The third kappa shape index (κ3) is 2.94. The summed E-state index contributed by atoms with van der Waals surface area (Å²) in [6.07, 6.45) is 1.31. The first-order valence-electron chi connectivity index (χ1n) is 6.34. The summed E-state index contributed by atoms with van der Waals surface area (Å²) in [4.78, 5) is 15.7. The molecule has 1 aromatic heterocycles. The van der Waals surface area contributed by atoms with Gasteiger partial charge in [-0.3, -0.25) is 4.79 Å². The van der Waals surface area contributed by atoms with Crippen LogP contribution in [-0.4, -0.2) is 33.9 Å². The molecule has 1 N–H and O–H groups in total. The first-order valence-corrected chi connectivity index (χ1v) is 6.72. The zero-order valence-electron chi connectivity index (χ0n) is 11.2. The van der Waals surface area contributed by atoms with Gasteiger partial charge in [-0.25, -0.2) is 9.67 Å². The highest BCUT2D eigenvalue weighted by Crippen LogP contribution is 2.37. The van der Waals surface area contributed by atoms with Crippen LogP contribution in [0, 0.1) is 11.3 Å². The first-order chi connectivity index (χ1) is 10.7. The third-order valence-electron chi connectivity index (χ3n) is 2.85. The lowest BCUT2D eigenvalue weighted by atomic mass is 10.2. The molecule has 0 radical (unpaired) electrons. The Balaban J connectivity index is 1.72. The van der Waals surface area contributed by atoms with E-state index in [1.54, 1.807) is 18.2 Å². The van der Waals surface area contributed by atoms with E-state index in [1.165, 1.54) is 11.0 Å². The van der Waals surface area contributed by atoms with Crippen LogP contribution >= 0.6 is 11.6 Å². The lowest BCUT2D eigenvalue weighted by molar-refractivity contribution is -0.116. The molecule has 0 bridgehead atoms. The molecule has 1 aliphatic rings. The van der Waals surface area contributed by atoms with E-state index in [2.05, 4.69) is 15.4 Å². The largest absolute Gasteiger partial charge is 0.486 e. The maximum atomic E-state index is 12.0. The summed E-state index contributed by atoms with van der Waals surface area (Å²) in [6.45, 7) is 0.819. The average molecular weight is 320 g/mol. The van der Waals surface area contributed by atoms with E-state index >= 15 is 0 Å². The number of amides is 1. The van der Waals surface area contributed by atoms with Gasteiger partial charge in [-0.05, 0) is 0 Å². The topological polar surface area (TPSA) is 102 Å². The fourth-order valence-electron chi connectivity index (χ4n) is 1.92. The van der Waals surface area contributed by atoms with Gasteiger partial charge >= 0.3 is 0 Å². The Morgan fingerprint density at radius 2 is 2.14 bits per heavy atom. The molecule has 0 saturated heterocycles. The molecule has 22 heavy (non-hydrogen) atoms. The van der Waals surface area contributed by atoms with Gasteiger partial charge in [0.15, 0.2) is 11.5 Å². The van der Waals surface area contributed by atoms with Crippen LogP contribution in [0.1, 0.15) is 5.82 Å². The number of nitriles is 1. The average Bonchev–Trinajstić information content (AvgIpc) is 2.95. The van der Waals surface area contributed by atoms with E-state index in [4.69, 9.17) is 26.3 Å². The lowest BCUT2D eigenvalue weighted by Crippen LogP contribution is -2.20. The van der Waals surface area contributed by atoms with Gasteiger partial charge < -0.3 is 14.8 Å². The standard InChI is InChI=1S/C13H10ClN5O3/c14-8-3-10-11(22-2-1-21-10)4-9(8)17-13(20)6-19-7-16-12(5-15)18-19/h3-4,7H,1-2,6H2,(H,17,20). The molecule has 1 aliphatic heterocycles. The zero-order valence-corrected chi connectivity index (χ0v) is 12.0. The summed E-state index contributed by atoms with van der Waals surface area (Å²) < 4.78 is 12.1. The van der Waals surface area contributed by atoms with Gasteiger partial charge in [-0.15, -0.1) is 5.10 Å². The highest BCUT2D eigenvalue weighted by Gasteiger charge is 2.16. The Bertz CT molecular complexity index is 768. The maximum Gasteiger partial charge on any atom is 0.252 e. The quantitative estimate of drug-likeness (QED) is 0.912. The Labute approximate surface area is 130 Å². The van der Waals surface area contributed by atoms with Crippen LogP contribution in [0.2, 0.25) is 5.02 Å². The van der Waals surface area contributed by atoms with Crippen molar-refractivity contribution in [2.24, 2.45) is 0 Å². The fraction of sp³-hybridized carbons (Fsp3) is 0.231. The number of fused-ring (bicyclic) bond motifs is 1. The zero-order chi connectivity index (χ0) is 15.5. The SMILES string of the molecule is N#Cc1ncn(CC(=O)Nc2cc3c(cc2Cl)OCCO3)n1. The predicted molar refractivity (Wildman–Crippen MR) is 75.8 cm³/mol. The minimum atomic E-state index is -0.354. The fourth-order valence-corrected chi connectivity index (χ4v) is 2.12. The number of nitrogens with zero attached hydrogens (tertiary/aromatic N) is 4. The summed E-state index contributed by atoms with van der Waals surface area (Å²) in [5.41, 5.74) is 0.413. The van der Waals surface area contributed by atoms with Gasteiger partial charge in [0.05, 0.1) is 10.7 Å². The van der Waals surface area contributed by atoms with Crippen molar-refractivity contribution in [2.75, 3.05) is 18.5 Å². The molecular formula is C13H10ClN5O3. The van der Waals surface area contributed by atoms with E-state index in [0.717, 1.165) is 0 Å². The minimum absolute atomic E-state index is 0.00478. The van der Waals surface area contributed by atoms with Crippen LogP contribution in [0.15, 0.2) is 18.5 Å². The number of halogens is 1. The van der Waals surface area contributed by atoms with Crippen molar-refractivity contribution < 1.29 is 14.3 Å². The van der Waals surface area contributed by atoms with E-state index in [1.807, 2.05) is 0 Å². The number of hydrogen-bond acceptors (Lipinski definition) is 6. The number of hydrogen-bond donors (Lipinski definition) is 1. The molecule has 0 spiro atoms. The van der Waals surface area contributed by atoms with Crippen molar-refractivity contribution >= 4 is 23.2 Å². The smallest absolute Gasteiger partial charge is 0.252 e. The summed E-state index contributed by atoms with van der Waals surface area (Å²) >= 11 is 6.11. The van der Waals surface area contributed by atoms with E-state index in [-0.39, 0.29) is 18.3 Å². The molecule has 9 heteroatoms. The molecule has 0 aliphatic carbocycles. The van der Waals surface area contributed by atoms with Crippen molar-refractivity contribution in [1.82, 2.24) is 14.8 Å². The van der Waals surface area contributed by atoms with Crippen LogP contribution in [0.5, 0.6) is 11.5 Å². The number of carbonyl (C=O) groups excluding carboxylic acids is 1. The summed E-state index contributed by atoms with van der Waals surface area (Å²) in [5, 5.41) is 15.4. The van der Waals surface area contributed by atoms with Gasteiger partial charge in [0.25, 0.3) is 5.82 Å². The van der Waals surface area contributed by atoms with Crippen LogP contribution in [-0.2, 0) is 11.3 Å². The van der Waals surface area contributed by atoms with Crippen LogP contribution in [0.4, 0.5) is 5.69 Å². The highest BCUT2D eigenvalue weighted by atomic mass is 35.5. The van der Waals surface area contributed by atoms with E-state index < -0.39 is 0 Å². The second-order valence-electron chi connectivity index (χ2n) is 4.40. The molecule has 0 fully saturated rings. The number of anilines is 1. The number of benzene rings is 1. The molecular weight excluding hydrogens is 310 g/mol. The monoisotopic (exact) mass is 319 g/mol. The molecule has 112 valence electrons. The molecule has 0 saturated carbocycles. The Kier molecular flexibility index (Phi) is 3.80. The van der Waals surface area contributed by atoms with Gasteiger partial charge in [-0.2, -0.15) is 5.26 Å². The van der Waals surface area contributed by atoms with Crippen molar-refractivity contribution in [3.63, 3.8) is 0 Å². The van der Waals surface area contributed by atoms with Crippen molar-refractivity contribution in [1.29, 1.82) is 5.26 Å². The normalized spacial score (nSPS) is 12.5. The van der Waals surface area contributed by atoms with Gasteiger partial charge in [0.1, 0.15) is 32.2 Å². The lowest BCUT2D eigenvalue weighted by Gasteiger charge is -2.20. The molecule has 1 aromatic carbocycles. The second kappa shape index (κ2) is 5.91. The first kappa shape index (κ1) is 14.2. The Hall–Kier alpha value is -2.79. The summed E-state index contributed by atoms with van der Waals surface area (Å²) in [6, 6.07) is 4.99. The number of rotatable bonds is 3. The molecule has 0 atom stereocenters. The van der Waals surface area contributed by atoms with Gasteiger partial charge in [0.2, 0.25) is 5.91 Å². The second-order valence-corrected chi connectivity index (χ2v) is 4.81. The molecule has 0 unspecified atom stereocenters. The maximum absolute atomic E-state index is 12.0. The van der Waals surface area contributed by atoms with Gasteiger partial charge in [0, 0.05) is 12.1 Å². The highest BCUT2D eigenvalue weighted by molar-refractivity contribution is 6.34. The molecule has 3 rings (SSSR count). The van der Waals surface area contributed by atoms with Crippen molar-refractivity contribution in [2.45, 2.75) is 6.54 Å². The summed E-state index contributed by atoms with van der Waals surface area (Å²) in [5.74, 6) is 0.723. The van der Waals surface area contributed by atoms with E-state index in [9.17, 15) is 4.79 Å². The predicted octanol–water partition coefficient (Wildman–Crippen LogP) is 1.21. The van der Waals surface area contributed by atoms with E-state index in [0.29, 0.717) is 35.4 Å². The molecule has 2 aromatic rings. The van der Waals surface area contributed by atoms with Crippen LogP contribution < -0.4 is 14.8 Å². The Morgan fingerprint density at radius 3 is 2.82 bits per heavy atom. The van der Waals surface area contributed by atoms with Crippen molar-refractivity contribution in [3.05, 3.63) is 29.3 Å². The van der Waals surface area contributed by atoms with Crippen LogP contribution in [0.3, 0.4) is 0 Å². The Morgan fingerprint density at radius 1 is 1.41 bits per heavy atom. The molecule has 1 amide bonds. The third-order valence-corrected chi connectivity index (χ3v) is 3.16. The van der Waals surface area contributed by atoms with Gasteiger partial charge in [-0.1, -0.05) is 11.6 Å². The van der Waals surface area contributed by atoms with Crippen molar-refractivity contribution in [3.8, 4) is 17.6 Å². The number of nitrogens with one attached hydrogen (secondary N) is 1. The minimum Gasteiger partial charge on any atom is -0.486 e. The number of carbonyl (C=O) groups is 1. The number of aromatic nitrogens is 3. The molecule has 8 nitrogen and oxygen atoms in total. The number of ether oxygens (including phenoxy) is 2. The summed E-state index contributed by atoms with van der Waals surface area (Å²) in [7, 11) is 0. The van der Waals surface area contributed by atoms with Crippen LogP contribution in [0.25, 0.3) is 0 Å². The molecule has 2 heterocycles.